The molecule has 5 heteroatoms. The molecule has 1 aliphatic rings. The number of nitrogens with two attached hydrogens (primary N) is 1. The molecule has 16 heavy (non-hydrogen) atoms. The van der Waals surface area contributed by atoms with Gasteiger partial charge in [-0.1, -0.05) is 0 Å². The lowest BCUT2D eigenvalue weighted by atomic mass is 10.1. The van der Waals surface area contributed by atoms with Crippen molar-refractivity contribution in [3.05, 3.63) is 28.2 Å². The monoisotopic (exact) mass is 284 g/mol. The maximum Gasteiger partial charge on any atom is 0.254 e. The predicted molar refractivity (Wildman–Crippen MR) is 64.6 cm³/mol. The molecule has 0 aliphatic carbocycles. The van der Waals surface area contributed by atoms with Crippen LogP contribution < -0.4 is 10.5 Å². The highest BCUT2D eigenvalue weighted by Crippen LogP contribution is 2.26. The second-order valence-corrected chi connectivity index (χ2v) is 4.67. The summed E-state index contributed by atoms with van der Waals surface area (Å²) in [4.78, 5) is 13.7. The Morgan fingerprint density at radius 2 is 2.25 bits per heavy atom. The number of methoxy groups -OCH3 is 1. The molecule has 86 valence electrons. The Bertz CT molecular complexity index is 416. The molecule has 0 aromatic heterocycles. The minimum Gasteiger partial charge on any atom is -0.496 e. The van der Waals surface area contributed by atoms with E-state index >= 15 is 0 Å². The second kappa shape index (κ2) is 4.43. The van der Waals surface area contributed by atoms with Gasteiger partial charge in [-0.2, -0.15) is 0 Å². The van der Waals surface area contributed by atoms with E-state index in [0.29, 0.717) is 18.7 Å². The van der Waals surface area contributed by atoms with Crippen molar-refractivity contribution >= 4 is 21.8 Å². The van der Waals surface area contributed by atoms with Gasteiger partial charge < -0.3 is 15.4 Å². The number of carbonyl (C=O) groups is 1. The van der Waals surface area contributed by atoms with Crippen LogP contribution in [0.1, 0.15) is 10.4 Å². The molecule has 2 N–H and O–H groups in total. The van der Waals surface area contributed by atoms with Crippen LogP contribution in [0.15, 0.2) is 22.7 Å². The number of benzene rings is 1. The van der Waals surface area contributed by atoms with E-state index in [-0.39, 0.29) is 11.9 Å². The van der Waals surface area contributed by atoms with Crippen molar-refractivity contribution in [2.24, 2.45) is 5.73 Å². The summed E-state index contributed by atoms with van der Waals surface area (Å²) in [6.45, 7) is 1.28. The van der Waals surface area contributed by atoms with E-state index in [2.05, 4.69) is 15.9 Å². The molecule has 1 saturated heterocycles. The number of carbonyl (C=O) groups excluding carboxylic acids is 1. The van der Waals surface area contributed by atoms with Crippen molar-refractivity contribution in [2.45, 2.75) is 6.04 Å². The van der Waals surface area contributed by atoms with Crippen LogP contribution in [0.3, 0.4) is 0 Å². The van der Waals surface area contributed by atoms with Gasteiger partial charge >= 0.3 is 0 Å². The molecule has 0 unspecified atom stereocenters. The maximum atomic E-state index is 11.9. The molecule has 1 aromatic rings. The predicted octanol–water partition coefficient (Wildman–Crippen LogP) is 1.24. The number of amides is 1. The van der Waals surface area contributed by atoms with Crippen LogP contribution in [0.2, 0.25) is 0 Å². The Kier molecular flexibility index (Phi) is 3.16. The van der Waals surface area contributed by atoms with E-state index in [1.165, 1.54) is 0 Å². The Morgan fingerprint density at radius 1 is 1.56 bits per heavy atom. The second-order valence-electron chi connectivity index (χ2n) is 3.82. The first-order chi connectivity index (χ1) is 7.61. The highest BCUT2D eigenvalue weighted by Gasteiger charge is 2.28. The smallest absolute Gasteiger partial charge is 0.254 e. The number of likely N-dealkylation sites (tertiary alicyclic amines) is 1. The zero-order valence-corrected chi connectivity index (χ0v) is 10.5. The van der Waals surface area contributed by atoms with Gasteiger partial charge in [0, 0.05) is 24.7 Å². The van der Waals surface area contributed by atoms with Crippen LogP contribution in [0.5, 0.6) is 5.75 Å². The van der Waals surface area contributed by atoms with Crippen molar-refractivity contribution < 1.29 is 9.53 Å². The summed E-state index contributed by atoms with van der Waals surface area (Å²) in [6.07, 6.45) is 0. The van der Waals surface area contributed by atoms with Crippen molar-refractivity contribution in [1.82, 2.24) is 4.90 Å². The van der Waals surface area contributed by atoms with Gasteiger partial charge in [-0.15, -0.1) is 0 Å². The largest absolute Gasteiger partial charge is 0.496 e. The summed E-state index contributed by atoms with van der Waals surface area (Å²) in [7, 11) is 1.59. The molecule has 4 nitrogen and oxygen atoms in total. The van der Waals surface area contributed by atoms with Crippen LogP contribution in [0.25, 0.3) is 0 Å². The minimum atomic E-state index is 0.0186. The van der Waals surface area contributed by atoms with Gasteiger partial charge in [-0.25, -0.2) is 0 Å². The average Bonchev–Trinajstić information content (AvgIpc) is 2.24. The van der Waals surface area contributed by atoms with Crippen molar-refractivity contribution in [1.29, 1.82) is 0 Å². The van der Waals surface area contributed by atoms with Gasteiger partial charge in [0.05, 0.1) is 11.6 Å². The summed E-state index contributed by atoms with van der Waals surface area (Å²) >= 11 is 3.36. The molecule has 0 radical (unpaired) electrons. The molecule has 0 bridgehead atoms. The quantitative estimate of drug-likeness (QED) is 0.889. The Morgan fingerprint density at radius 3 is 2.75 bits per heavy atom. The summed E-state index contributed by atoms with van der Waals surface area (Å²) in [5, 5.41) is 0. The van der Waals surface area contributed by atoms with E-state index in [1.54, 1.807) is 30.2 Å². The number of hydrogen-bond acceptors (Lipinski definition) is 3. The lowest BCUT2D eigenvalue weighted by Gasteiger charge is -2.36. The standard InChI is InChI=1S/C11H13BrN2O2/c1-16-10-3-2-7(4-9(10)12)11(15)14-5-8(13)6-14/h2-4,8H,5-6,13H2,1H3. The van der Waals surface area contributed by atoms with Crippen molar-refractivity contribution in [2.75, 3.05) is 20.2 Å². The third-order valence-electron chi connectivity index (χ3n) is 2.60. The van der Waals surface area contributed by atoms with E-state index < -0.39 is 0 Å². The van der Waals surface area contributed by atoms with Crippen LogP contribution in [0, 0.1) is 0 Å². The van der Waals surface area contributed by atoms with Crippen LogP contribution in [0.4, 0.5) is 0 Å². The molecule has 0 spiro atoms. The number of rotatable bonds is 2. The number of nitrogens with zero attached hydrogens (tertiary/aromatic N) is 1. The van der Waals surface area contributed by atoms with E-state index in [4.69, 9.17) is 10.5 Å². The number of ether oxygens (including phenoxy) is 1. The Hall–Kier alpha value is -1.07. The summed E-state index contributed by atoms with van der Waals surface area (Å²) in [5.74, 6) is 0.738. The maximum absolute atomic E-state index is 11.9. The number of hydrogen-bond donors (Lipinski definition) is 1. The third-order valence-corrected chi connectivity index (χ3v) is 3.22. The van der Waals surface area contributed by atoms with Crippen LogP contribution >= 0.6 is 15.9 Å². The molecule has 1 aliphatic heterocycles. The van der Waals surface area contributed by atoms with Gasteiger partial charge in [0.25, 0.3) is 5.91 Å². The highest BCUT2D eigenvalue weighted by atomic mass is 79.9. The van der Waals surface area contributed by atoms with Gasteiger partial charge in [0.15, 0.2) is 0 Å². The molecular weight excluding hydrogens is 272 g/mol. The first-order valence-corrected chi connectivity index (χ1v) is 5.79. The molecule has 1 fully saturated rings. The highest BCUT2D eigenvalue weighted by molar-refractivity contribution is 9.10. The van der Waals surface area contributed by atoms with Gasteiger partial charge in [0.1, 0.15) is 5.75 Å². The SMILES string of the molecule is COc1ccc(C(=O)N2CC(N)C2)cc1Br. The molecule has 0 saturated carbocycles. The van der Waals surface area contributed by atoms with Gasteiger partial charge in [0.2, 0.25) is 0 Å². The first-order valence-electron chi connectivity index (χ1n) is 5.00. The van der Waals surface area contributed by atoms with Crippen molar-refractivity contribution in [3.63, 3.8) is 0 Å². The van der Waals surface area contributed by atoms with Crippen LogP contribution in [-0.4, -0.2) is 37.0 Å². The fraction of sp³-hybridized carbons (Fsp3) is 0.364. The summed E-state index contributed by atoms with van der Waals surface area (Å²) < 4.78 is 5.89. The fourth-order valence-corrected chi connectivity index (χ4v) is 2.20. The third kappa shape index (κ3) is 2.05. The number of halogens is 1. The molecule has 1 heterocycles. The summed E-state index contributed by atoms with van der Waals surface area (Å²) in [5.41, 5.74) is 6.29. The molecular formula is C11H13BrN2O2. The lowest BCUT2D eigenvalue weighted by molar-refractivity contribution is 0.0608. The van der Waals surface area contributed by atoms with Gasteiger partial charge in [-0.3, -0.25) is 4.79 Å². The Labute approximate surface area is 102 Å². The van der Waals surface area contributed by atoms with Crippen molar-refractivity contribution in [3.8, 4) is 5.75 Å². The fourth-order valence-electron chi connectivity index (χ4n) is 1.66. The molecule has 2 rings (SSSR count). The normalized spacial score (nSPS) is 15.8. The van der Waals surface area contributed by atoms with E-state index in [9.17, 15) is 4.79 Å². The molecule has 1 amide bonds. The Balaban J connectivity index is 2.15. The minimum absolute atomic E-state index is 0.0186. The molecule has 0 atom stereocenters. The molecule has 1 aromatic carbocycles. The lowest BCUT2D eigenvalue weighted by Crippen LogP contribution is -2.57. The zero-order chi connectivity index (χ0) is 11.7. The van der Waals surface area contributed by atoms with Crippen LogP contribution in [-0.2, 0) is 0 Å². The summed E-state index contributed by atoms with van der Waals surface area (Å²) in [6, 6.07) is 5.43. The van der Waals surface area contributed by atoms with E-state index in [0.717, 1.165) is 10.2 Å². The first kappa shape index (κ1) is 11.4. The van der Waals surface area contributed by atoms with Gasteiger partial charge in [-0.05, 0) is 34.1 Å². The average molecular weight is 285 g/mol. The topological polar surface area (TPSA) is 55.6 Å². The van der Waals surface area contributed by atoms with E-state index in [1.807, 2.05) is 0 Å². The zero-order valence-electron chi connectivity index (χ0n) is 8.94.